The van der Waals surface area contributed by atoms with Gasteiger partial charge in [-0.15, -0.1) is 0 Å². The van der Waals surface area contributed by atoms with Gasteiger partial charge in [-0.1, -0.05) is 13.8 Å². The van der Waals surface area contributed by atoms with E-state index in [1.54, 1.807) is 31.6 Å². The lowest BCUT2D eigenvalue weighted by Gasteiger charge is -2.19. The highest BCUT2D eigenvalue weighted by molar-refractivity contribution is 5.94. The van der Waals surface area contributed by atoms with E-state index in [0.717, 1.165) is 0 Å². The largest absolute Gasteiger partial charge is 0.347 e. The van der Waals surface area contributed by atoms with Gasteiger partial charge in [0.05, 0.1) is 0 Å². The Hall–Kier alpha value is -1.58. The Morgan fingerprint density at radius 3 is 2.41 bits per heavy atom. The Bertz CT molecular complexity index is 357. The summed E-state index contributed by atoms with van der Waals surface area (Å²) in [5, 5.41) is 2.88. The number of hydrogen-bond donors (Lipinski definition) is 1. The zero-order valence-electron chi connectivity index (χ0n) is 11.6. The second-order valence-corrected chi connectivity index (χ2v) is 4.34. The van der Waals surface area contributed by atoms with Gasteiger partial charge in [0.25, 0.3) is 5.91 Å². The van der Waals surface area contributed by atoms with Crippen LogP contribution in [0.25, 0.3) is 0 Å². The fourth-order valence-corrected chi connectivity index (χ4v) is 1.12. The number of rotatable bonds is 2. The first-order valence-corrected chi connectivity index (χ1v) is 5.81. The molecule has 4 nitrogen and oxygen atoms in total. The summed E-state index contributed by atoms with van der Waals surface area (Å²) in [6.07, 6.45) is 3.37. The third-order valence-electron chi connectivity index (χ3n) is 1.74. The molecule has 0 saturated heterocycles. The molecule has 1 aromatic heterocycles. The van der Waals surface area contributed by atoms with Crippen molar-refractivity contribution in [1.82, 2.24) is 5.32 Å². The molecule has 1 heterocycles. The van der Waals surface area contributed by atoms with Crippen LogP contribution >= 0.6 is 0 Å². The molecule has 4 heteroatoms. The van der Waals surface area contributed by atoms with Crippen LogP contribution in [-0.4, -0.2) is 18.6 Å². The summed E-state index contributed by atoms with van der Waals surface area (Å²) >= 11 is 0. The van der Waals surface area contributed by atoms with Crippen molar-refractivity contribution in [3.05, 3.63) is 30.1 Å². The van der Waals surface area contributed by atoms with Crippen molar-refractivity contribution in [2.75, 3.05) is 7.11 Å². The summed E-state index contributed by atoms with van der Waals surface area (Å²) in [7, 11) is 1.55. The molecule has 0 aliphatic rings. The molecular weight excluding hydrogens is 216 g/mol. The van der Waals surface area contributed by atoms with Crippen LogP contribution in [0.3, 0.4) is 0 Å². The zero-order valence-corrected chi connectivity index (χ0v) is 11.6. The SMILES string of the molecule is CC.CO[n+]1cccc(C(=O)NC(C)(C)C)c1. The van der Waals surface area contributed by atoms with E-state index >= 15 is 0 Å². The summed E-state index contributed by atoms with van der Waals surface area (Å²) in [4.78, 5) is 16.7. The summed E-state index contributed by atoms with van der Waals surface area (Å²) in [5.74, 6) is -0.103. The second-order valence-electron chi connectivity index (χ2n) is 4.34. The lowest BCUT2D eigenvalue weighted by Crippen LogP contribution is -2.44. The van der Waals surface area contributed by atoms with Crippen molar-refractivity contribution in [3.63, 3.8) is 0 Å². The van der Waals surface area contributed by atoms with Gasteiger partial charge in [0.1, 0.15) is 12.7 Å². The van der Waals surface area contributed by atoms with E-state index in [0.29, 0.717) is 5.56 Å². The highest BCUT2D eigenvalue weighted by Crippen LogP contribution is 2.02. The van der Waals surface area contributed by atoms with Gasteiger partial charge in [0.15, 0.2) is 0 Å². The Kier molecular flexibility index (Phi) is 6.25. The smallest absolute Gasteiger partial charge is 0.257 e. The third kappa shape index (κ3) is 5.90. The maximum absolute atomic E-state index is 11.7. The average Bonchev–Trinajstić information content (AvgIpc) is 2.29. The van der Waals surface area contributed by atoms with Gasteiger partial charge in [0, 0.05) is 16.3 Å². The molecule has 1 N–H and O–H groups in total. The fraction of sp³-hybridized carbons (Fsp3) is 0.538. The predicted molar refractivity (Wildman–Crippen MR) is 67.7 cm³/mol. The molecule has 0 aromatic carbocycles. The van der Waals surface area contributed by atoms with Crippen LogP contribution in [0.2, 0.25) is 0 Å². The molecule has 0 fully saturated rings. The van der Waals surface area contributed by atoms with E-state index in [1.165, 1.54) is 4.73 Å². The number of nitrogens with one attached hydrogen (secondary N) is 1. The molecule has 1 rings (SSSR count). The minimum absolute atomic E-state index is 0.103. The quantitative estimate of drug-likeness (QED) is 0.796. The lowest BCUT2D eigenvalue weighted by atomic mass is 10.1. The van der Waals surface area contributed by atoms with Crippen LogP contribution in [0.1, 0.15) is 45.0 Å². The van der Waals surface area contributed by atoms with E-state index in [-0.39, 0.29) is 11.4 Å². The van der Waals surface area contributed by atoms with Crippen LogP contribution in [0, 0.1) is 0 Å². The second kappa shape index (κ2) is 6.89. The molecule has 1 aromatic rings. The first-order chi connectivity index (χ1) is 7.92. The summed E-state index contributed by atoms with van der Waals surface area (Å²) in [6, 6.07) is 3.51. The normalized spacial score (nSPS) is 10.0. The first kappa shape index (κ1) is 15.4. The van der Waals surface area contributed by atoms with E-state index < -0.39 is 0 Å². The molecule has 0 unspecified atom stereocenters. The van der Waals surface area contributed by atoms with Gasteiger partial charge in [-0.3, -0.25) is 9.63 Å². The number of hydrogen-bond acceptors (Lipinski definition) is 2. The molecule has 0 aliphatic heterocycles. The number of carbonyl (C=O) groups excluding carboxylic acids is 1. The molecule has 0 radical (unpaired) electrons. The number of carbonyl (C=O) groups is 1. The van der Waals surface area contributed by atoms with E-state index in [2.05, 4.69) is 5.32 Å². The van der Waals surface area contributed by atoms with E-state index in [4.69, 9.17) is 4.84 Å². The van der Waals surface area contributed by atoms with E-state index in [9.17, 15) is 4.79 Å². The molecule has 0 spiro atoms. The molecule has 0 saturated carbocycles. The molecule has 0 atom stereocenters. The highest BCUT2D eigenvalue weighted by Gasteiger charge is 2.17. The summed E-state index contributed by atoms with van der Waals surface area (Å²) in [5.41, 5.74) is 0.347. The lowest BCUT2D eigenvalue weighted by molar-refractivity contribution is -0.885. The van der Waals surface area contributed by atoms with Gasteiger partial charge in [-0.25, -0.2) is 0 Å². The Morgan fingerprint density at radius 2 is 1.94 bits per heavy atom. The molecule has 17 heavy (non-hydrogen) atoms. The number of pyridine rings is 1. The van der Waals surface area contributed by atoms with Crippen molar-refractivity contribution in [1.29, 1.82) is 0 Å². The molecule has 0 bridgehead atoms. The van der Waals surface area contributed by atoms with Crippen LogP contribution in [0.5, 0.6) is 0 Å². The van der Waals surface area contributed by atoms with Gasteiger partial charge in [-0.2, -0.15) is 0 Å². The van der Waals surface area contributed by atoms with Crippen molar-refractivity contribution in [2.24, 2.45) is 0 Å². The van der Waals surface area contributed by atoms with Crippen molar-refractivity contribution >= 4 is 5.91 Å². The van der Waals surface area contributed by atoms with Crippen LogP contribution in [0.15, 0.2) is 24.5 Å². The van der Waals surface area contributed by atoms with Crippen molar-refractivity contribution in [2.45, 2.75) is 40.2 Å². The van der Waals surface area contributed by atoms with Crippen LogP contribution in [-0.2, 0) is 0 Å². The maximum Gasteiger partial charge on any atom is 0.257 e. The summed E-state index contributed by atoms with van der Waals surface area (Å²) in [6.45, 7) is 9.83. The molecule has 96 valence electrons. The van der Waals surface area contributed by atoms with Crippen LogP contribution < -0.4 is 14.9 Å². The zero-order chi connectivity index (χ0) is 13.5. The third-order valence-corrected chi connectivity index (χ3v) is 1.74. The van der Waals surface area contributed by atoms with Crippen molar-refractivity contribution in [3.8, 4) is 0 Å². The van der Waals surface area contributed by atoms with Gasteiger partial charge in [0.2, 0.25) is 12.4 Å². The highest BCUT2D eigenvalue weighted by atomic mass is 16.6. The Morgan fingerprint density at radius 1 is 1.35 bits per heavy atom. The molecular formula is C13H23N2O2+. The number of nitrogens with zero attached hydrogens (tertiary/aromatic N) is 1. The predicted octanol–water partition coefficient (Wildman–Crippen LogP) is 1.59. The minimum Gasteiger partial charge on any atom is -0.347 e. The van der Waals surface area contributed by atoms with Crippen molar-refractivity contribution < 1.29 is 14.4 Å². The average molecular weight is 239 g/mol. The fourth-order valence-electron chi connectivity index (χ4n) is 1.12. The Labute approximate surface area is 104 Å². The van der Waals surface area contributed by atoms with Gasteiger partial charge in [-0.05, 0) is 26.8 Å². The monoisotopic (exact) mass is 239 g/mol. The molecule has 0 aliphatic carbocycles. The number of aromatic nitrogens is 1. The first-order valence-electron chi connectivity index (χ1n) is 5.81. The van der Waals surface area contributed by atoms with E-state index in [1.807, 2.05) is 34.6 Å². The van der Waals surface area contributed by atoms with Crippen LogP contribution in [0.4, 0.5) is 0 Å². The Balaban J connectivity index is 0.00000121. The molecule has 1 amide bonds. The standard InChI is InChI=1S/C11H16N2O2.C2H6/c1-11(2,3)12-10(14)9-6-5-7-13(8-9)15-4;1-2/h5-8H,1-4H3;1-2H3/p+1. The minimum atomic E-state index is -0.231. The summed E-state index contributed by atoms with van der Waals surface area (Å²) < 4.78 is 1.48. The van der Waals surface area contributed by atoms with Gasteiger partial charge < -0.3 is 5.32 Å². The maximum atomic E-state index is 11.7. The van der Waals surface area contributed by atoms with Gasteiger partial charge >= 0.3 is 0 Å². The number of amides is 1. The topological polar surface area (TPSA) is 42.2 Å².